The van der Waals surface area contributed by atoms with E-state index >= 15 is 0 Å². The molecule has 14 heavy (non-hydrogen) atoms. The summed E-state index contributed by atoms with van der Waals surface area (Å²) in [6, 6.07) is 4.29. The van der Waals surface area contributed by atoms with Crippen LogP contribution in [0.15, 0.2) is 23.3 Å². The molecule has 0 aliphatic rings. The molecule has 0 amide bonds. The van der Waals surface area contributed by atoms with Gasteiger partial charge in [-0.3, -0.25) is 0 Å². The summed E-state index contributed by atoms with van der Waals surface area (Å²) in [5, 5.41) is 12.7. The highest BCUT2D eigenvalue weighted by Gasteiger charge is 2.07. The summed E-state index contributed by atoms with van der Waals surface area (Å²) in [4.78, 5) is 2.53. The molecule has 0 bridgehead atoms. The van der Waals surface area contributed by atoms with Crippen LogP contribution in [0.1, 0.15) is 17.2 Å². The predicted molar refractivity (Wildman–Crippen MR) is 50.1 cm³/mol. The molecule has 0 heterocycles. The van der Waals surface area contributed by atoms with Crippen LogP contribution in [0.25, 0.3) is 10.4 Å². The van der Waals surface area contributed by atoms with Crippen LogP contribution < -0.4 is 0 Å². The van der Waals surface area contributed by atoms with Crippen molar-refractivity contribution in [2.45, 2.75) is 13.0 Å². The van der Waals surface area contributed by atoms with E-state index in [0.717, 1.165) is 0 Å². The Hall–Kier alpha value is -1.58. The van der Waals surface area contributed by atoms with Gasteiger partial charge in [0.1, 0.15) is 5.82 Å². The van der Waals surface area contributed by atoms with Crippen LogP contribution in [0.2, 0.25) is 0 Å². The van der Waals surface area contributed by atoms with Gasteiger partial charge in [-0.1, -0.05) is 17.2 Å². The topological polar surface area (TPSA) is 69.0 Å². The third kappa shape index (κ3) is 2.45. The lowest BCUT2D eigenvalue weighted by molar-refractivity contribution is 0.186. The number of nitrogens with zero attached hydrogens (tertiary/aromatic N) is 3. The molecule has 0 radical (unpaired) electrons. The first-order valence-corrected chi connectivity index (χ1v) is 4.10. The van der Waals surface area contributed by atoms with Crippen molar-refractivity contribution in [2.75, 3.05) is 6.54 Å². The standard InChI is InChI=1S/C9H10FN3O/c1-6-4-7(2-3-8(6)10)9(14)5-12-13-11/h2-4,9,14H,5H2,1H3. The van der Waals surface area contributed by atoms with Crippen molar-refractivity contribution < 1.29 is 9.50 Å². The van der Waals surface area contributed by atoms with E-state index in [-0.39, 0.29) is 12.4 Å². The molecular weight excluding hydrogens is 185 g/mol. The monoisotopic (exact) mass is 195 g/mol. The number of halogens is 1. The molecule has 0 aromatic heterocycles. The zero-order chi connectivity index (χ0) is 10.6. The second kappa shape index (κ2) is 4.60. The Balaban J connectivity index is 2.85. The van der Waals surface area contributed by atoms with Gasteiger partial charge in [0.25, 0.3) is 0 Å². The van der Waals surface area contributed by atoms with E-state index in [1.54, 1.807) is 6.92 Å². The van der Waals surface area contributed by atoms with Crippen LogP contribution in [0.3, 0.4) is 0 Å². The molecule has 1 atom stereocenters. The van der Waals surface area contributed by atoms with E-state index in [1.807, 2.05) is 0 Å². The largest absolute Gasteiger partial charge is 0.388 e. The van der Waals surface area contributed by atoms with E-state index in [2.05, 4.69) is 10.0 Å². The molecule has 0 saturated heterocycles. The van der Waals surface area contributed by atoms with Crippen molar-refractivity contribution in [3.8, 4) is 0 Å². The van der Waals surface area contributed by atoms with Crippen molar-refractivity contribution >= 4 is 0 Å². The summed E-state index contributed by atoms with van der Waals surface area (Å²) in [5.74, 6) is -0.315. The van der Waals surface area contributed by atoms with E-state index < -0.39 is 6.10 Å². The molecule has 0 aliphatic carbocycles. The van der Waals surface area contributed by atoms with E-state index in [0.29, 0.717) is 11.1 Å². The first-order chi connectivity index (χ1) is 6.65. The second-order valence-electron chi connectivity index (χ2n) is 2.94. The zero-order valence-corrected chi connectivity index (χ0v) is 7.68. The number of benzene rings is 1. The minimum Gasteiger partial charge on any atom is -0.388 e. The molecule has 0 saturated carbocycles. The summed E-state index contributed by atoms with van der Waals surface area (Å²) in [6.07, 6.45) is -0.870. The van der Waals surface area contributed by atoms with Gasteiger partial charge in [0.05, 0.1) is 12.6 Å². The lowest BCUT2D eigenvalue weighted by Crippen LogP contribution is -2.01. The van der Waals surface area contributed by atoms with E-state index in [9.17, 15) is 9.50 Å². The fourth-order valence-corrected chi connectivity index (χ4v) is 1.09. The molecule has 1 rings (SSSR count). The molecule has 0 aliphatic heterocycles. The molecular formula is C9H10FN3O. The molecule has 5 heteroatoms. The highest BCUT2D eigenvalue weighted by Crippen LogP contribution is 2.16. The molecule has 1 unspecified atom stereocenters. The number of hydrogen-bond donors (Lipinski definition) is 1. The lowest BCUT2D eigenvalue weighted by atomic mass is 10.1. The summed E-state index contributed by atoms with van der Waals surface area (Å²) in [6.45, 7) is 1.57. The normalized spacial score (nSPS) is 11.9. The third-order valence-electron chi connectivity index (χ3n) is 1.88. The first kappa shape index (κ1) is 10.5. The maximum atomic E-state index is 12.9. The van der Waals surface area contributed by atoms with Crippen LogP contribution in [0.5, 0.6) is 0 Å². The number of aliphatic hydroxyl groups is 1. The van der Waals surface area contributed by atoms with Gasteiger partial charge in [-0.05, 0) is 29.6 Å². The minimum atomic E-state index is -0.870. The number of aryl methyl sites for hydroxylation is 1. The molecule has 0 fully saturated rings. The van der Waals surface area contributed by atoms with Crippen molar-refractivity contribution in [3.05, 3.63) is 45.6 Å². The molecule has 1 aromatic carbocycles. The summed E-state index contributed by atoms with van der Waals surface area (Å²) in [5.41, 5.74) is 9.06. The Morgan fingerprint density at radius 1 is 1.64 bits per heavy atom. The SMILES string of the molecule is Cc1cc(C(O)CN=[N+]=[N-])ccc1F. The Kier molecular flexibility index (Phi) is 3.45. The van der Waals surface area contributed by atoms with Gasteiger partial charge >= 0.3 is 0 Å². The van der Waals surface area contributed by atoms with Crippen molar-refractivity contribution in [2.24, 2.45) is 5.11 Å². The quantitative estimate of drug-likeness (QED) is 0.449. The van der Waals surface area contributed by atoms with Crippen molar-refractivity contribution in [1.82, 2.24) is 0 Å². The average molecular weight is 195 g/mol. The lowest BCUT2D eigenvalue weighted by Gasteiger charge is -2.08. The molecule has 1 aromatic rings. The van der Waals surface area contributed by atoms with Crippen LogP contribution in [-0.4, -0.2) is 11.7 Å². The van der Waals surface area contributed by atoms with Crippen LogP contribution in [0, 0.1) is 12.7 Å². The van der Waals surface area contributed by atoms with Gasteiger partial charge in [-0.25, -0.2) is 4.39 Å². The Morgan fingerprint density at radius 3 is 2.93 bits per heavy atom. The molecule has 0 spiro atoms. The van der Waals surface area contributed by atoms with E-state index in [1.165, 1.54) is 18.2 Å². The van der Waals surface area contributed by atoms with Crippen molar-refractivity contribution in [3.63, 3.8) is 0 Å². The predicted octanol–water partition coefficient (Wildman–Crippen LogP) is 2.48. The molecule has 1 N–H and O–H groups in total. The highest BCUT2D eigenvalue weighted by atomic mass is 19.1. The maximum absolute atomic E-state index is 12.9. The average Bonchev–Trinajstić information content (AvgIpc) is 2.18. The van der Waals surface area contributed by atoms with Gasteiger partial charge in [-0.2, -0.15) is 0 Å². The third-order valence-corrected chi connectivity index (χ3v) is 1.88. The molecule has 4 nitrogen and oxygen atoms in total. The van der Waals surface area contributed by atoms with Crippen LogP contribution in [0.4, 0.5) is 4.39 Å². The molecule has 74 valence electrons. The summed E-state index contributed by atoms with van der Waals surface area (Å²) < 4.78 is 12.9. The van der Waals surface area contributed by atoms with Crippen LogP contribution >= 0.6 is 0 Å². The van der Waals surface area contributed by atoms with Crippen LogP contribution in [-0.2, 0) is 0 Å². The zero-order valence-electron chi connectivity index (χ0n) is 7.68. The number of hydrogen-bond acceptors (Lipinski definition) is 2. The minimum absolute atomic E-state index is 0.0401. The van der Waals surface area contributed by atoms with Crippen molar-refractivity contribution in [1.29, 1.82) is 0 Å². The highest BCUT2D eigenvalue weighted by molar-refractivity contribution is 5.25. The Morgan fingerprint density at radius 2 is 2.36 bits per heavy atom. The summed E-state index contributed by atoms with van der Waals surface area (Å²) >= 11 is 0. The second-order valence-corrected chi connectivity index (χ2v) is 2.94. The van der Waals surface area contributed by atoms with Gasteiger partial charge in [0.2, 0.25) is 0 Å². The number of azide groups is 1. The maximum Gasteiger partial charge on any atom is 0.126 e. The van der Waals surface area contributed by atoms with Gasteiger partial charge < -0.3 is 5.11 Å². The van der Waals surface area contributed by atoms with Gasteiger partial charge in [0, 0.05) is 4.91 Å². The number of rotatable bonds is 3. The summed E-state index contributed by atoms with van der Waals surface area (Å²) in [7, 11) is 0. The Labute approximate surface area is 80.6 Å². The van der Waals surface area contributed by atoms with E-state index in [4.69, 9.17) is 5.53 Å². The Bertz CT molecular complexity index is 374. The fraction of sp³-hybridized carbons (Fsp3) is 0.333. The van der Waals surface area contributed by atoms with Gasteiger partial charge in [-0.15, -0.1) is 0 Å². The smallest absolute Gasteiger partial charge is 0.126 e. The first-order valence-electron chi connectivity index (χ1n) is 4.10. The number of aliphatic hydroxyl groups excluding tert-OH is 1. The fourth-order valence-electron chi connectivity index (χ4n) is 1.09. The van der Waals surface area contributed by atoms with Gasteiger partial charge in [0.15, 0.2) is 0 Å².